The van der Waals surface area contributed by atoms with Gasteiger partial charge in [-0.1, -0.05) is 19.9 Å². The highest BCUT2D eigenvalue weighted by Crippen LogP contribution is 2.18. The fourth-order valence-corrected chi connectivity index (χ4v) is 2.27. The molecule has 0 aromatic heterocycles. The second-order valence-corrected chi connectivity index (χ2v) is 6.04. The molecule has 1 aromatic carbocycles. The summed E-state index contributed by atoms with van der Waals surface area (Å²) in [5.74, 6) is 0.215. The van der Waals surface area contributed by atoms with Gasteiger partial charge in [0.1, 0.15) is 0 Å². The zero-order chi connectivity index (χ0) is 15.1. The molecule has 0 aliphatic rings. The van der Waals surface area contributed by atoms with Crippen LogP contribution < -0.4 is 10.6 Å². The standard InChI is InChI=1S/C15H21BrN2O2/c1-10(2)9-18-14(19)6-7-17-15(20)12-5-4-11(3)8-13(12)16/h4-5,8,10H,6-7,9H2,1-3H3,(H,17,20)(H,18,19). The predicted octanol–water partition coefficient (Wildman–Crippen LogP) is 2.65. The van der Waals surface area contributed by atoms with Crippen molar-refractivity contribution in [1.82, 2.24) is 10.6 Å². The summed E-state index contributed by atoms with van der Waals surface area (Å²) in [7, 11) is 0. The lowest BCUT2D eigenvalue weighted by Gasteiger charge is -2.09. The Morgan fingerprint density at radius 1 is 1.25 bits per heavy atom. The number of benzene rings is 1. The number of aryl methyl sites for hydroxylation is 1. The van der Waals surface area contributed by atoms with E-state index in [0.29, 0.717) is 31.0 Å². The lowest BCUT2D eigenvalue weighted by Crippen LogP contribution is -2.32. The van der Waals surface area contributed by atoms with Gasteiger partial charge in [-0.2, -0.15) is 0 Å². The van der Waals surface area contributed by atoms with Crippen molar-refractivity contribution in [3.63, 3.8) is 0 Å². The number of nitrogens with one attached hydrogen (secondary N) is 2. The van der Waals surface area contributed by atoms with E-state index in [2.05, 4.69) is 26.6 Å². The Labute approximate surface area is 128 Å². The third-order valence-corrected chi connectivity index (χ3v) is 3.37. The van der Waals surface area contributed by atoms with Crippen LogP contribution in [-0.4, -0.2) is 24.9 Å². The van der Waals surface area contributed by atoms with Gasteiger partial charge in [0.25, 0.3) is 5.91 Å². The molecule has 2 N–H and O–H groups in total. The topological polar surface area (TPSA) is 58.2 Å². The van der Waals surface area contributed by atoms with Crippen molar-refractivity contribution in [2.45, 2.75) is 27.2 Å². The third kappa shape index (κ3) is 5.74. The van der Waals surface area contributed by atoms with E-state index >= 15 is 0 Å². The number of amides is 2. The predicted molar refractivity (Wildman–Crippen MR) is 83.7 cm³/mol. The molecule has 0 aliphatic carbocycles. The first-order chi connectivity index (χ1) is 9.40. The molecular formula is C15H21BrN2O2. The van der Waals surface area contributed by atoms with Crippen LogP contribution in [0.4, 0.5) is 0 Å². The molecule has 0 unspecified atom stereocenters. The van der Waals surface area contributed by atoms with E-state index in [-0.39, 0.29) is 11.8 Å². The molecule has 0 atom stereocenters. The second kappa shape index (κ2) is 8.04. The first-order valence-corrected chi connectivity index (χ1v) is 7.50. The van der Waals surface area contributed by atoms with Gasteiger partial charge in [0, 0.05) is 24.0 Å². The molecule has 4 nitrogen and oxygen atoms in total. The van der Waals surface area contributed by atoms with Crippen LogP contribution in [0, 0.1) is 12.8 Å². The molecule has 0 spiro atoms. The highest BCUT2D eigenvalue weighted by atomic mass is 79.9. The monoisotopic (exact) mass is 340 g/mol. The van der Waals surface area contributed by atoms with Crippen LogP contribution >= 0.6 is 15.9 Å². The van der Waals surface area contributed by atoms with Crippen molar-refractivity contribution < 1.29 is 9.59 Å². The Hall–Kier alpha value is -1.36. The molecule has 0 fully saturated rings. The molecule has 0 saturated carbocycles. The summed E-state index contributed by atoms with van der Waals surface area (Å²) >= 11 is 3.37. The van der Waals surface area contributed by atoms with E-state index in [4.69, 9.17) is 0 Å². The van der Waals surface area contributed by atoms with Crippen molar-refractivity contribution in [2.75, 3.05) is 13.1 Å². The summed E-state index contributed by atoms with van der Waals surface area (Å²) in [4.78, 5) is 23.5. The van der Waals surface area contributed by atoms with Crippen molar-refractivity contribution in [3.8, 4) is 0 Å². The number of carbonyl (C=O) groups is 2. The molecule has 20 heavy (non-hydrogen) atoms. The molecule has 0 aliphatic heterocycles. The minimum absolute atomic E-state index is 0.0398. The fraction of sp³-hybridized carbons (Fsp3) is 0.467. The molecule has 5 heteroatoms. The van der Waals surface area contributed by atoms with E-state index < -0.39 is 0 Å². The number of hydrogen-bond donors (Lipinski definition) is 2. The Morgan fingerprint density at radius 2 is 1.95 bits per heavy atom. The molecule has 0 heterocycles. The fourth-order valence-electron chi connectivity index (χ4n) is 1.60. The smallest absolute Gasteiger partial charge is 0.252 e. The Bertz CT molecular complexity index is 487. The van der Waals surface area contributed by atoms with Crippen LogP contribution in [0.25, 0.3) is 0 Å². The second-order valence-electron chi connectivity index (χ2n) is 5.19. The number of carbonyl (C=O) groups excluding carboxylic acids is 2. The number of halogens is 1. The van der Waals surface area contributed by atoms with E-state index in [0.717, 1.165) is 10.0 Å². The normalized spacial score (nSPS) is 10.4. The summed E-state index contributed by atoms with van der Waals surface area (Å²) < 4.78 is 0.763. The highest BCUT2D eigenvalue weighted by Gasteiger charge is 2.10. The third-order valence-electron chi connectivity index (χ3n) is 2.71. The maximum Gasteiger partial charge on any atom is 0.252 e. The van der Waals surface area contributed by atoms with Gasteiger partial charge in [-0.25, -0.2) is 0 Å². The van der Waals surface area contributed by atoms with Gasteiger partial charge in [0.2, 0.25) is 5.91 Å². The van der Waals surface area contributed by atoms with Crippen LogP contribution in [0.15, 0.2) is 22.7 Å². The van der Waals surface area contributed by atoms with Crippen molar-refractivity contribution in [3.05, 3.63) is 33.8 Å². The maximum atomic E-state index is 12.0. The Morgan fingerprint density at radius 3 is 2.55 bits per heavy atom. The van der Waals surface area contributed by atoms with Gasteiger partial charge in [-0.3, -0.25) is 9.59 Å². The minimum Gasteiger partial charge on any atom is -0.356 e. The van der Waals surface area contributed by atoms with Crippen LogP contribution in [0.1, 0.15) is 36.2 Å². The SMILES string of the molecule is Cc1ccc(C(=O)NCCC(=O)NCC(C)C)c(Br)c1. The highest BCUT2D eigenvalue weighted by molar-refractivity contribution is 9.10. The van der Waals surface area contributed by atoms with E-state index in [1.54, 1.807) is 6.07 Å². The zero-order valence-corrected chi connectivity index (χ0v) is 13.7. The quantitative estimate of drug-likeness (QED) is 0.836. The summed E-state index contributed by atoms with van der Waals surface area (Å²) in [6.45, 7) is 7.04. The zero-order valence-electron chi connectivity index (χ0n) is 12.1. The van der Waals surface area contributed by atoms with Gasteiger partial charge in [0.15, 0.2) is 0 Å². The van der Waals surface area contributed by atoms with Crippen LogP contribution in [0.3, 0.4) is 0 Å². The largest absolute Gasteiger partial charge is 0.356 e. The Kier molecular flexibility index (Phi) is 6.71. The summed E-state index contributed by atoms with van der Waals surface area (Å²) in [6.07, 6.45) is 0.294. The summed E-state index contributed by atoms with van der Waals surface area (Å²) in [5, 5.41) is 5.56. The average molecular weight is 341 g/mol. The van der Waals surface area contributed by atoms with E-state index in [1.807, 2.05) is 32.9 Å². The van der Waals surface area contributed by atoms with Crippen molar-refractivity contribution in [2.24, 2.45) is 5.92 Å². The molecule has 110 valence electrons. The number of hydrogen-bond acceptors (Lipinski definition) is 2. The molecule has 0 radical (unpaired) electrons. The molecule has 0 saturated heterocycles. The van der Waals surface area contributed by atoms with Crippen LogP contribution in [0.2, 0.25) is 0 Å². The molecule has 2 amide bonds. The van der Waals surface area contributed by atoms with Gasteiger partial charge in [-0.15, -0.1) is 0 Å². The lowest BCUT2D eigenvalue weighted by atomic mass is 10.1. The van der Waals surface area contributed by atoms with E-state index in [9.17, 15) is 9.59 Å². The first kappa shape index (κ1) is 16.7. The average Bonchev–Trinajstić information content (AvgIpc) is 2.36. The van der Waals surface area contributed by atoms with Crippen molar-refractivity contribution in [1.29, 1.82) is 0 Å². The molecular weight excluding hydrogens is 320 g/mol. The van der Waals surface area contributed by atoms with Gasteiger partial charge in [-0.05, 0) is 46.5 Å². The summed E-state index contributed by atoms with van der Waals surface area (Å²) in [5.41, 5.74) is 1.67. The number of rotatable bonds is 6. The molecule has 1 rings (SSSR count). The molecule has 1 aromatic rings. The molecule has 0 bridgehead atoms. The first-order valence-electron chi connectivity index (χ1n) is 6.71. The van der Waals surface area contributed by atoms with E-state index in [1.165, 1.54) is 0 Å². The minimum atomic E-state index is -0.173. The lowest BCUT2D eigenvalue weighted by molar-refractivity contribution is -0.121. The van der Waals surface area contributed by atoms with Crippen molar-refractivity contribution >= 4 is 27.7 Å². The van der Waals surface area contributed by atoms with Crippen LogP contribution in [-0.2, 0) is 4.79 Å². The van der Waals surface area contributed by atoms with Gasteiger partial charge < -0.3 is 10.6 Å². The van der Waals surface area contributed by atoms with Crippen LogP contribution in [0.5, 0.6) is 0 Å². The maximum absolute atomic E-state index is 12.0. The van der Waals surface area contributed by atoms with Gasteiger partial charge in [0.05, 0.1) is 5.56 Å². The Balaban J connectivity index is 2.38. The van der Waals surface area contributed by atoms with Gasteiger partial charge >= 0.3 is 0 Å². The summed E-state index contributed by atoms with van der Waals surface area (Å²) in [6, 6.07) is 5.55.